The summed E-state index contributed by atoms with van der Waals surface area (Å²) >= 11 is 5.73. The van der Waals surface area contributed by atoms with Gasteiger partial charge >= 0.3 is 0 Å². The lowest BCUT2D eigenvalue weighted by Crippen LogP contribution is -2.54. The topological polar surface area (TPSA) is 29.1 Å². The summed E-state index contributed by atoms with van der Waals surface area (Å²) in [5.74, 6) is 1.97. The molecule has 2 unspecified atom stereocenters. The van der Waals surface area contributed by atoms with Crippen molar-refractivity contribution < 1.29 is 4.79 Å². The van der Waals surface area contributed by atoms with E-state index in [1.54, 1.807) is 11.3 Å². The van der Waals surface area contributed by atoms with E-state index in [-0.39, 0.29) is 11.3 Å². The zero-order chi connectivity index (χ0) is 14.5. The van der Waals surface area contributed by atoms with Crippen LogP contribution in [0.15, 0.2) is 17.5 Å². The first-order valence-corrected chi connectivity index (χ1v) is 9.70. The van der Waals surface area contributed by atoms with Crippen molar-refractivity contribution in [1.29, 1.82) is 0 Å². The molecule has 4 heteroatoms. The van der Waals surface area contributed by atoms with Gasteiger partial charge in [-0.05, 0) is 67.2 Å². The molecule has 4 atom stereocenters. The molecule has 4 fully saturated rings. The Morgan fingerprint density at radius 1 is 1.33 bits per heavy atom. The second-order valence-corrected chi connectivity index (χ2v) is 10.4. The van der Waals surface area contributed by atoms with Crippen LogP contribution in [0, 0.1) is 17.3 Å². The zero-order valence-corrected chi connectivity index (χ0v) is 14.6. The third kappa shape index (κ3) is 2.81. The Morgan fingerprint density at radius 2 is 2.10 bits per heavy atom. The number of thiophene rings is 1. The van der Waals surface area contributed by atoms with E-state index >= 15 is 0 Å². The fourth-order valence-electron chi connectivity index (χ4n) is 5.54. The zero-order valence-electron chi connectivity index (χ0n) is 12.2. The number of halogens is 1. The van der Waals surface area contributed by atoms with Crippen LogP contribution in [0.3, 0.4) is 0 Å². The van der Waals surface area contributed by atoms with Crippen LogP contribution in [0.25, 0.3) is 0 Å². The molecule has 0 spiro atoms. The average molecular weight is 368 g/mol. The molecular formula is C17H22BrNOS. The van der Waals surface area contributed by atoms with E-state index in [4.69, 9.17) is 0 Å². The Balaban J connectivity index is 1.41. The summed E-state index contributed by atoms with van der Waals surface area (Å²) in [5.41, 5.74) is 0.285. The van der Waals surface area contributed by atoms with Crippen LogP contribution >= 0.6 is 27.3 Å². The molecule has 1 aromatic rings. The second kappa shape index (κ2) is 5.09. The molecule has 5 rings (SSSR count). The third-order valence-corrected chi connectivity index (χ3v) is 7.49. The number of hydrogen-bond acceptors (Lipinski definition) is 2. The number of rotatable bonds is 4. The van der Waals surface area contributed by atoms with Gasteiger partial charge in [0.1, 0.15) is 0 Å². The van der Waals surface area contributed by atoms with Gasteiger partial charge in [0.05, 0.1) is 6.54 Å². The van der Waals surface area contributed by atoms with Crippen molar-refractivity contribution in [3.8, 4) is 0 Å². The molecule has 21 heavy (non-hydrogen) atoms. The van der Waals surface area contributed by atoms with Gasteiger partial charge in [-0.25, -0.2) is 0 Å². The summed E-state index contributed by atoms with van der Waals surface area (Å²) in [7, 11) is 0. The number of alkyl halides is 1. The Hall–Kier alpha value is -0.350. The largest absolute Gasteiger partial charge is 0.351 e. The summed E-state index contributed by atoms with van der Waals surface area (Å²) < 4.78 is 0.352. The monoisotopic (exact) mass is 367 g/mol. The molecular weight excluding hydrogens is 346 g/mol. The predicted molar refractivity (Wildman–Crippen MR) is 89.6 cm³/mol. The second-order valence-electron chi connectivity index (χ2n) is 7.64. The van der Waals surface area contributed by atoms with E-state index in [0.29, 0.717) is 10.9 Å². The molecule has 2 nitrogen and oxygen atoms in total. The average Bonchev–Trinajstić information content (AvgIpc) is 2.85. The molecule has 1 heterocycles. The van der Waals surface area contributed by atoms with Gasteiger partial charge in [0, 0.05) is 15.6 Å². The maximum atomic E-state index is 12.4. The van der Waals surface area contributed by atoms with E-state index in [9.17, 15) is 4.79 Å². The highest BCUT2D eigenvalue weighted by atomic mass is 79.9. The highest BCUT2D eigenvalue weighted by molar-refractivity contribution is 9.10. The van der Waals surface area contributed by atoms with Gasteiger partial charge in [0.15, 0.2) is 0 Å². The molecule has 1 aromatic heterocycles. The molecule has 114 valence electrons. The molecule has 4 aliphatic rings. The van der Waals surface area contributed by atoms with E-state index < -0.39 is 0 Å². The lowest BCUT2D eigenvalue weighted by molar-refractivity contribution is -0.128. The van der Waals surface area contributed by atoms with Crippen molar-refractivity contribution in [3.05, 3.63) is 22.4 Å². The number of hydrogen-bond donors (Lipinski definition) is 1. The van der Waals surface area contributed by atoms with Gasteiger partial charge < -0.3 is 5.32 Å². The molecule has 4 saturated carbocycles. The molecule has 0 radical (unpaired) electrons. The highest BCUT2D eigenvalue weighted by Gasteiger charge is 2.57. The lowest BCUT2D eigenvalue weighted by Gasteiger charge is -2.60. The van der Waals surface area contributed by atoms with Crippen molar-refractivity contribution >= 4 is 33.2 Å². The van der Waals surface area contributed by atoms with E-state index in [1.165, 1.54) is 43.4 Å². The van der Waals surface area contributed by atoms with Crippen LogP contribution in [-0.4, -0.2) is 10.2 Å². The fourth-order valence-corrected chi connectivity index (χ4v) is 7.70. The van der Waals surface area contributed by atoms with E-state index in [1.807, 2.05) is 6.07 Å². The molecule has 4 bridgehead atoms. The quantitative estimate of drug-likeness (QED) is 0.780. The summed E-state index contributed by atoms with van der Waals surface area (Å²) in [4.78, 5) is 13.6. The van der Waals surface area contributed by atoms with Crippen molar-refractivity contribution in [3.63, 3.8) is 0 Å². The van der Waals surface area contributed by atoms with Crippen molar-refractivity contribution in [2.24, 2.45) is 17.3 Å². The van der Waals surface area contributed by atoms with Crippen molar-refractivity contribution in [2.75, 3.05) is 0 Å². The Morgan fingerprint density at radius 3 is 2.71 bits per heavy atom. The van der Waals surface area contributed by atoms with Gasteiger partial charge in [-0.2, -0.15) is 0 Å². The Kier molecular flexibility index (Phi) is 3.45. The predicted octanol–water partition coefficient (Wildman–Crippen LogP) is 4.49. The van der Waals surface area contributed by atoms with Crippen LogP contribution in [0.5, 0.6) is 0 Å². The minimum Gasteiger partial charge on any atom is -0.351 e. The maximum absolute atomic E-state index is 12.4. The SMILES string of the molecule is O=C(CC12C[C@@H]3C[C@@H](CC(Br)(C3)C1)C2)NCc1cccs1. The molecule has 0 aliphatic heterocycles. The minimum absolute atomic E-state index is 0.251. The number of carbonyl (C=O) groups is 1. The third-order valence-electron chi connectivity index (χ3n) is 5.69. The van der Waals surface area contributed by atoms with Crippen molar-refractivity contribution in [1.82, 2.24) is 5.32 Å². The number of nitrogens with one attached hydrogen (secondary N) is 1. The van der Waals surface area contributed by atoms with Crippen LogP contribution in [0.2, 0.25) is 0 Å². The van der Waals surface area contributed by atoms with Gasteiger partial charge in [-0.3, -0.25) is 4.79 Å². The molecule has 0 aromatic carbocycles. The maximum Gasteiger partial charge on any atom is 0.220 e. The summed E-state index contributed by atoms with van der Waals surface area (Å²) in [6.45, 7) is 0.693. The molecule has 4 aliphatic carbocycles. The van der Waals surface area contributed by atoms with E-state index in [2.05, 4.69) is 32.7 Å². The van der Waals surface area contributed by atoms with Gasteiger partial charge in [0.2, 0.25) is 5.91 Å². The minimum atomic E-state index is 0.251. The summed E-state index contributed by atoms with van der Waals surface area (Å²) in [6, 6.07) is 4.13. The van der Waals surface area contributed by atoms with Gasteiger partial charge in [0.25, 0.3) is 0 Å². The normalized spacial score (nSPS) is 40.4. The number of carbonyl (C=O) groups excluding carboxylic acids is 1. The van der Waals surface area contributed by atoms with Crippen LogP contribution < -0.4 is 5.32 Å². The summed E-state index contributed by atoms with van der Waals surface area (Å²) in [6.07, 6.45) is 8.58. The highest BCUT2D eigenvalue weighted by Crippen LogP contribution is 2.65. The Labute approximate surface area is 138 Å². The molecule has 1 amide bonds. The first-order valence-electron chi connectivity index (χ1n) is 8.02. The van der Waals surface area contributed by atoms with E-state index in [0.717, 1.165) is 18.3 Å². The summed E-state index contributed by atoms with van der Waals surface area (Å²) in [5, 5.41) is 5.19. The van der Waals surface area contributed by atoms with Crippen LogP contribution in [-0.2, 0) is 11.3 Å². The Bertz CT molecular complexity index is 527. The first kappa shape index (κ1) is 14.3. The molecule has 0 saturated heterocycles. The van der Waals surface area contributed by atoms with Crippen LogP contribution in [0.1, 0.15) is 49.8 Å². The van der Waals surface area contributed by atoms with Gasteiger partial charge in [-0.15, -0.1) is 11.3 Å². The molecule has 1 N–H and O–H groups in total. The first-order chi connectivity index (χ1) is 10.0. The smallest absolute Gasteiger partial charge is 0.220 e. The van der Waals surface area contributed by atoms with Gasteiger partial charge in [-0.1, -0.05) is 22.0 Å². The fraction of sp³-hybridized carbons (Fsp3) is 0.706. The van der Waals surface area contributed by atoms with Crippen LogP contribution in [0.4, 0.5) is 0 Å². The number of amides is 1. The van der Waals surface area contributed by atoms with Crippen molar-refractivity contribution in [2.45, 2.75) is 55.8 Å². The lowest BCUT2D eigenvalue weighted by atomic mass is 9.48. The standard InChI is InChI=1S/C17H22BrNOS/c18-17-7-12-4-13(8-17)6-16(5-12,11-17)9-15(20)19-10-14-2-1-3-21-14/h1-3,12-13H,4-11H2,(H,19,20)/t12-,13+,16?,17?.